The van der Waals surface area contributed by atoms with Crippen LogP contribution < -0.4 is 10.9 Å². The summed E-state index contributed by atoms with van der Waals surface area (Å²) in [4.78, 5) is 35.4. The fourth-order valence-electron chi connectivity index (χ4n) is 4.99. The largest absolute Gasteiger partial charge is 0.331 e. The predicted molar refractivity (Wildman–Crippen MR) is 142 cm³/mol. The van der Waals surface area contributed by atoms with Crippen LogP contribution in [-0.2, 0) is 24.8 Å². The molecule has 36 heavy (non-hydrogen) atoms. The zero-order valence-electron chi connectivity index (χ0n) is 21.2. The number of fused-ring (bicyclic) bond motifs is 2. The smallest absolute Gasteiger partial charge is 0.275 e. The van der Waals surface area contributed by atoms with Crippen LogP contribution in [0.4, 0.5) is 5.69 Å². The van der Waals surface area contributed by atoms with E-state index in [1.165, 1.54) is 4.68 Å². The van der Waals surface area contributed by atoms with Crippen molar-refractivity contribution in [2.45, 2.75) is 26.8 Å². The van der Waals surface area contributed by atoms with Gasteiger partial charge in [0.15, 0.2) is 0 Å². The summed E-state index contributed by atoms with van der Waals surface area (Å²) in [6.45, 7) is 10.5. The number of hydrogen-bond acceptors (Lipinski definition) is 6. The number of nitrogens with one attached hydrogen (secondary N) is 1. The number of aromatic nitrogens is 4. The van der Waals surface area contributed by atoms with E-state index in [4.69, 9.17) is 4.98 Å². The van der Waals surface area contributed by atoms with E-state index in [2.05, 4.69) is 31.7 Å². The number of nitrogens with zero attached hydrogens (tertiary/aromatic N) is 6. The molecule has 0 spiro atoms. The Morgan fingerprint density at radius 1 is 1.03 bits per heavy atom. The van der Waals surface area contributed by atoms with Crippen LogP contribution >= 0.6 is 0 Å². The molecule has 3 heterocycles. The van der Waals surface area contributed by atoms with Crippen molar-refractivity contribution in [2.75, 3.05) is 44.6 Å². The molecule has 1 saturated heterocycles. The highest BCUT2D eigenvalue weighted by Gasteiger charge is 2.17. The van der Waals surface area contributed by atoms with Crippen molar-refractivity contribution in [3.05, 3.63) is 64.3 Å². The van der Waals surface area contributed by atoms with Crippen molar-refractivity contribution in [1.29, 1.82) is 0 Å². The van der Waals surface area contributed by atoms with Gasteiger partial charge in [0.05, 0.1) is 22.1 Å². The zero-order chi connectivity index (χ0) is 25.2. The summed E-state index contributed by atoms with van der Waals surface area (Å²) in [5.74, 6) is 0.731. The lowest BCUT2D eigenvalue weighted by atomic mass is 10.1. The van der Waals surface area contributed by atoms with Gasteiger partial charge in [-0.05, 0) is 37.7 Å². The number of benzene rings is 2. The van der Waals surface area contributed by atoms with E-state index in [9.17, 15) is 9.59 Å². The van der Waals surface area contributed by atoms with Gasteiger partial charge >= 0.3 is 0 Å². The molecule has 0 unspecified atom stereocenters. The molecule has 0 saturated carbocycles. The Morgan fingerprint density at radius 2 is 1.75 bits per heavy atom. The third kappa shape index (κ3) is 4.89. The number of rotatable bonds is 7. The lowest BCUT2D eigenvalue weighted by Crippen LogP contribution is -2.46. The third-order valence-corrected chi connectivity index (χ3v) is 7.17. The van der Waals surface area contributed by atoms with E-state index in [0.29, 0.717) is 16.8 Å². The molecule has 2 aromatic carbocycles. The Labute approximate surface area is 210 Å². The molecule has 1 fully saturated rings. The number of carbonyl (C=O) groups excluding carboxylic acids is 1. The first-order valence-corrected chi connectivity index (χ1v) is 12.6. The second-order valence-corrected chi connectivity index (χ2v) is 9.46. The highest BCUT2D eigenvalue weighted by Crippen LogP contribution is 2.20. The molecule has 188 valence electrons. The summed E-state index contributed by atoms with van der Waals surface area (Å²) >= 11 is 0. The normalized spacial score (nSPS) is 15.1. The summed E-state index contributed by atoms with van der Waals surface area (Å²) in [6, 6.07) is 13.1. The summed E-state index contributed by atoms with van der Waals surface area (Å²) in [5.41, 5.74) is 2.97. The molecule has 0 aliphatic carbocycles. The Bertz CT molecular complexity index is 1460. The van der Waals surface area contributed by atoms with Crippen LogP contribution in [0.5, 0.6) is 0 Å². The topological polar surface area (TPSA) is 88.3 Å². The first-order chi connectivity index (χ1) is 17.4. The third-order valence-electron chi connectivity index (χ3n) is 7.17. The van der Waals surface area contributed by atoms with Gasteiger partial charge in [-0.2, -0.15) is 5.10 Å². The van der Waals surface area contributed by atoms with Gasteiger partial charge in [-0.3, -0.25) is 9.59 Å². The summed E-state index contributed by atoms with van der Waals surface area (Å²) in [7, 11) is 2.04. The minimum Gasteiger partial charge on any atom is -0.331 e. The Kier molecular flexibility index (Phi) is 6.84. The van der Waals surface area contributed by atoms with Gasteiger partial charge in [0.25, 0.3) is 5.56 Å². The first kappa shape index (κ1) is 24.1. The molecule has 1 N–H and O–H groups in total. The molecule has 4 aromatic rings. The maximum absolute atomic E-state index is 12.8. The van der Waals surface area contributed by atoms with Gasteiger partial charge < -0.3 is 19.7 Å². The Hall–Kier alpha value is -3.56. The number of hydrogen-bond donors (Lipinski definition) is 1. The van der Waals surface area contributed by atoms with Crippen molar-refractivity contribution < 1.29 is 4.79 Å². The number of likely N-dealkylation sites (N-methyl/N-ethyl adjacent to an activating group) is 1. The van der Waals surface area contributed by atoms with E-state index in [0.717, 1.165) is 67.9 Å². The molecule has 1 aliphatic heterocycles. The molecule has 9 heteroatoms. The van der Waals surface area contributed by atoms with Crippen LogP contribution in [0.3, 0.4) is 0 Å². The van der Waals surface area contributed by atoms with Crippen LogP contribution in [0, 0.1) is 6.92 Å². The van der Waals surface area contributed by atoms with Gasteiger partial charge in [-0.1, -0.05) is 25.1 Å². The second-order valence-electron chi connectivity index (χ2n) is 9.46. The van der Waals surface area contributed by atoms with Crippen LogP contribution in [0.15, 0.2) is 47.3 Å². The molecule has 5 rings (SSSR count). The van der Waals surface area contributed by atoms with E-state index in [1.54, 1.807) is 6.07 Å². The van der Waals surface area contributed by atoms with Crippen molar-refractivity contribution in [3.8, 4) is 0 Å². The predicted octanol–water partition coefficient (Wildman–Crippen LogP) is 2.41. The van der Waals surface area contributed by atoms with Gasteiger partial charge in [0.1, 0.15) is 12.4 Å². The second kappa shape index (κ2) is 10.2. The van der Waals surface area contributed by atoms with Crippen LogP contribution in [0.1, 0.15) is 18.4 Å². The molecule has 9 nitrogen and oxygen atoms in total. The minimum absolute atomic E-state index is 0.151. The standard InChI is InChI=1S/C27H33N7O2/c1-4-32-13-15-33(16-14-32)12-11-25-29-23-17-20(9-10-24(23)31(25)3)28-26(35)18-34-27(36)22-8-6-5-7-21(22)19(2)30-34/h5-10,17H,4,11-16,18H2,1-3H3,(H,28,35). The molecular formula is C27H33N7O2. The fraction of sp³-hybridized carbons (Fsp3) is 0.407. The maximum atomic E-state index is 12.8. The van der Waals surface area contributed by atoms with Crippen LogP contribution in [0.25, 0.3) is 21.8 Å². The molecule has 2 aromatic heterocycles. The number of amides is 1. The monoisotopic (exact) mass is 487 g/mol. The van der Waals surface area contributed by atoms with E-state index in [1.807, 2.05) is 50.4 Å². The molecular weight excluding hydrogens is 454 g/mol. The minimum atomic E-state index is -0.305. The lowest BCUT2D eigenvalue weighted by molar-refractivity contribution is -0.117. The van der Waals surface area contributed by atoms with E-state index < -0.39 is 0 Å². The number of imidazole rings is 1. The average molecular weight is 488 g/mol. The molecule has 0 bridgehead atoms. The highest BCUT2D eigenvalue weighted by atomic mass is 16.2. The van der Waals surface area contributed by atoms with Gasteiger partial charge in [0.2, 0.25) is 5.91 Å². The zero-order valence-corrected chi connectivity index (χ0v) is 21.2. The van der Waals surface area contributed by atoms with Crippen molar-refractivity contribution in [3.63, 3.8) is 0 Å². The first-order valence-electron chi connectivity index (χ1n) is 12.6. The lowest BCUT2D eigenvalue weighted by Gasteiger charge is -2.33. The van der Waals surface area contributed by atoms with Gasteiger partial charge in [-0.15, -0.1) is 0 Å². The number of piperazine rings is 1. The average Bonchev–Trinajstić information content (AvgIpc) is 3.20. The Balaban J connectivity index is 1.26. The van der Waals surface area contributed by atoms with Gasteiger partial charge in [-0.25, -0.2) is 9.67 Å². The number of anilines is 1. The fourth-order valence-corrected chi connectivity index (χ4v) is 4.99. The summed E-state index contributed by atoms with van der Waals surface area (Å²) in [5, 5.41) is 8.60. The molecule has 0 radical (unpaired) electrons. The highest BCUT2D eigenvalue weighted by molar-refractivity contribution is 5.93. The van der Waals surface area contributed by atoms with Crippen molar-refractivity contribution in [1.82, 2.24) is 29.1 Å². The summed E-state index contributed by atoms with van der Waals surface area (Å²) < 4.78 is 3.36. The van der Waals surface area contributed by atoms with E-state index >= 15 is 0 Å². The van der Waals surface area contributed by atoms with Crippen LogP contribution in [0.2, 0.25) is 0 Å². The summed E-state index contributed by atoms with van der Waals surface area (Å²) in [6.07, 6.45) is 0.884. The SMILES string of the molecule is CCN1CCN(CCc2nc3cc(NC(=O)Cn4nc(C)c5ccccc5c4=O)ccc3n2C)CC1. The van der Waals surface area contributed by atoms with Crippen LogP contribution in [-0.4, -0.2) is 74.3 Å². The maximum Gasteiger partial charge on any atom is 0.275 e. The van der Waals surface area contributed by atoms with Crippen molar-refractivity contribution >= 4 is 33.4 Å². The van der Waals surface area contributed by atoms with E-state index in [-0.39, 0.29) is 18.0 Å². The quantitative estimate of drug-likeness (QED) is 0.431. The molecule has 1 aliphatic rings. The van der Waals surface area contributed by atoms with Gasteiger partial charge in [0, 0.05) is 57.3 Å². The van der Waals surface area contributed by atoms with Crippen molar-refractivity contribution in [2.24, 2.45) is 7.05 Å². The Morgan fingerprint density at radius 3 is 2.50 bits per heavy atom. The number of aryl methyl sites for hydroxylation is 2. The number of carbonyl (C=O) groups is 1. The molecule has 1 amide bonds. The molecule has 0 atom stereocenters.